The van der Waals surface area contributed by atoms with Gasteiger partial charge in [-0.25, -0.2) is 0 Å². The minimum Gasteiger partial charge on any atom is -0.388 e. The lowest BCUT2D eigenvalue weighted by molar-refractivity contribution is -0.0548. The third-order valence-electron chi connectivity index (χ3n) is 5.30. The highest BCUT2D eigenvalue weighted by Gasteiger charge is 2.40. The molecule has 4 heteroatoms. The maximum absolute atomic E-state index is 10.5. The Balaban J connectivity index is 1.82. The van der Waals surface area contributed by atoms with E-state index in [1.54, 1.807) is 0 Å². The fourth-order valence-electron chi connectivity index (χ4n) is 3.81. The van der Waals surface area contributed by atoms with Gasteiger partial charge in [0.05, 0.1) is 11.2 Å². The van der Waals surface area contributed by atoms with Crippen molar-refractivity contribution in [3.63, 3.8) is 0 Å². The molecule has 0 amide bonds. The first kappa shape index (κ1) is 15.2. The summed E-state index contributed by atoms with van der Waals surface area (Å²) >= 11 is 0. The van der Waals surface area contributed by atoms with Gasteiger partial charge in [-0.1, -0.05) is 6.42 Å². The number of aliphatic hydroxyl groups is 1. The van der Waals surface area contributed by atoms with Crippen molar-refractivity contribution in [2.45, 2.75) is 56.7 Å². The molecule has 1 aliphatic heterocycles. The van der Waals surface area contributed by atoms with Crippen molar-refractivity contribution in [1.29, 1.82) is 0 Å². The van der Waals surface area contributed by atoms with Crippen LogP contribution >= 0.6 is 0 Å². The van der Waals surface area contributed by atoms with E-state index in [1.807, 2.05) is 7.11 Å². The second-order valence-electron chi connectivity index (χ2n) is 6.72. The van der Waals surface area contributed by atoms with Gasteiger partial charge in [0.25, 0.3) is 0 Å². The van der Waals surface area contributed by atoms with Gasteiger partial charge in [0.15, 0.2) is 0 Å². The summed E-state index contributed by atoms with van der Waals surface area (Å²) in [5.74, 6) is 0.383. The van der Waals surface area contributed by atoms with Gasteiger partial charge in [0.2, 0.25) is 0 Å². The summed E-state index contributed by atoms with van der Waals surface area (Å²) in [6.07, 6.45) is 6.54. The molecule has 2 fully saturated rings. The first-order valence-corrected chi connectivity index (χ1v) is 7.71. The van der Waals surface area contributed by atoms with E-state index in [1.165, 1.54) is 6.42 Å². The molecule has 112 valence electrons. The fourth-order valence-corrected chi connectivity index (χ4v) is 3.81. The van der Waals surface area contributed by atoms with Gasteiger partial charge < -0.3 is 20.5 Å². The first-order chi connectivity index (χ1) is 9.01. The van der Waals surface area contributed by atoms with Crippen LogP contribution in [0.2, 0.25) is 0 Å². The normalized spacial score (nSPS) is 40.7. The number of nitrogens with zero attached hydrogens (tertiary/aromatic N) is 1. The molecule has 1 aliphatic carbocycles. The van der Waals surface area contributed by atoms with Crippen LogP contribution in [0.4, 0.5) is 0 Å². The molecular formula is C15H30N2O2. The Morgan fingerprint density at radius 2 is 2.16 bits per heavy atom. The second kappa shape index (κ2) is 6.08. The van der Waals surface area contributed by atoms with Crippen LogP contribution in [0.5, 0.6) is 0 Å². The Morgan fingerprint density at radius 3 is 2.84 bits per heavy atom. The zero-order valence-corrected chi connectivity index (χ0v) is 12.5. The number of hydrogen-bond donors (Lipinski definition) is 2. The van der Waals surface area contributed by atoms with Gasteiger partial charge in [-0.3, -0.25) is 0 Å². The van der Waals surface area contributed by atoms with Crippen LogP contribution in [0, 0.1) is 5.92 Å². The van der Waals surface area contributed by atoms with Gasteiger partial charge in [-0.2, -0.15) is 0 Å². The smallest absolute Gasteiger partial charge is 0.0797 e. The van der Waals surface area contributed by atoms with Crippen molar-refractivity contribution in [2.24, 2.45) is 11.7 Å². The number of methoxy groups -OCH3 is 1. The predicted molar refractivity (Wildman–Crippen MR) is 77.1 cm³/mol. The van der Waals surface area contributed by atoms with E-state index in [-0.39, 0.29) is 5.60 Å². The SMILES string of the molecule is COC1(C)CCCN(CCC2CCCC2(O)CN)C1. The summed E-state index contributed by atoms with van der Waals surface area (Å²) in [5.41, 5.74) is 5.16. The van der Waals surface area contributed by atoms with E-state index in [4.69, 9.17) is 10.5 Å². The van der Waals surface area contributed by atoms with Crippen LogP contribution in [-0.2, 0) is 4.74 Å². The summed E-state index contributed by atoms with van der Waals surface area (Å²) in [6.45, 7) is 5.84. The fraction of sp³-hybridized carbons (Fsp3) is 1.00. The van der Waals surface area contributed by atoms with Gasteiger partial charge in [-0.05, 0) is 58.0 Å². The quantitative estimate of drug-likeness (QED) is 0.792. The minimum absolute atomic E-state index is 0.0120. The van der Waals surface area contributed by atoms with Crippen LogP contribution < -0.4 is 5.73 Å². The second-order valence-corrected chi connectivity index (χ2v) is 6.72. The molecule has 0 aromatic heterocycles. The molecule has 0 radical (unpaired) electrons. The molecule has 19 heavy (non-hydrogen) atoms. The van der Waals surface area contributed by atoms with Crippen molar-refractivity contribution < 1.29 is 9.84 Å². The van der Waals surface area contributed by atoms with E-state index < -0.39 is 5.60 Å². The van der Waals surface area contributed by atoms with E-state index in [9.17, 15) is 5.11 Å². The zero-order chi connectivity index (χ0) is 13.9. The van der Waals surface area contributed by atoms with Crippen molar-refractivity contribution >= 4 is 0 Å². The molecule has 1 saturated carbocycles. The third kappa shape index (κ3) is 3.48. The molecule has 2 rings (SSSR count). The van der Waals surface area contributed by atoms with Crippen LogP contribution in [0.3, 0.4) is 0 Å². The number of rotatable bonds is 5. The largest absolute Gasteiger partial charge is 0.388 e. The summed E-state index contributed by atoms with van der Waals surface area (Å²) < 4.78 is 5.63. The maximum Gasteiger partial charge on any atom is 0.0797 e. The Hall–Kier alpha value is -0.160. The zero-order valence-electron chi connectivity index (χ0n) is 12.5. The van der Waals surface area contributed by atoms with E-state index in [2.05, 4.69) is 11.8 Å². The molecule has 0 aromatic rings. The number of nitrogens with two attached hydrogens (primary N) is 1. The molecule has 0 bridgehead atoms. The average molecular weight is 270 g/mol. The third-order valence-corrected chi connectivity index (χ3v) is 5.30. The van der Waals surface area contributed by atoms with Crippen molar-refractivity contribution in [1.82, 2.24) is 4.90 Å². The Labute approximate surface area is 117 Å². The molecule has 1 saturated heterocycles. The molecule has 0 aromatic carbocycles. The van der Waals surface area contributed by atoms with Gasteiger partial charge in [0, 0.05) is 20.2 Å². The van der Waals surface area contributed by atoms with Crippen LogP contribution in [0.1, 0.15) is 45.4 Å². The van der Waals surface area contributed by atoms with Gasteiger partial charge in [0.1, 0.15) is 0 Å². The van der Waals surface area contributed by atoms with E-state index in [0.29, 0.717) is 12.5 Å². The Kier molecular flexibility index (Phi) is 4.88. The summed E-state index contributed by atoms with van der Waals surface area (Å²) in [5, 5.41) is 10.5. The van der Waals surface area contributed by atoms with Gasteiger partial charge in [-0.15, -0.1) is 0 Å². The van der Waals surface area contributed by atoms with E-state index >= 15 is 0 Å². The highest BCUT2D eigenvalue weighted by Crippen LogP contribution is 2.37. The van der Waals surface area contributed by atoms with Crippen LogP contribution in [0.25, 0.3) is 0 Å². The molecule has 0 spiro atoms. The first-order valence-electron chi connectivity index (χ1n) is 7.71. The monoisotopic (exact) mass is 270 g/mol. The maximum atomic E-state index is 10.5. The van der Waals surface area contributed by atoms with Crippen molar-refractivity contribution in [3.05, 3.63) is 0 Å². The lowest BCUT2D eigenvalue weighted by Gasteiger charge is -2.40. The average Bonchev–Trinajstić information content (AvgIpc) is 2.79. The molecular weight excluding hydrogens is 240 g/mol. The summed E-state index contributed by atoms with van der Waals surface area (Å²) in [4.78, 5) is 2.49. The summed E-state index contributed by atoms with van der Waals surface area (Å²) in [7, 11) is 1.81. The lowest BCUT2D eigenvalue weighted by Crippen LogP contribution is -2.48. The Bertz CT molecular complexity index is 300. The highest BCUT2D eigenvalue weighted by molar-refractivity contribution is 4.94. The summed E-state index contributed by atoms with van der Waals surface area (Å²) in [6, 6.07) is 0. The molecule has 3 N–H and O–H groups in total. The number of ether oxygens (including phenoxy) is 1. The lowest BCUT2D eigenvalue weighted by atomic mass is 9.87. The topological polar surface area (TPSA) is 58.7 Å². The minimum atomic E-state index is -0.597. The van der Waals surface area contributed by atoms with Crippen molar-refractivity contribution in [2.75, 3.05) is 33.3 Å². The van der Waals surface area contributed by atoms with Crippen molar-refractivity contribution in [3.8, 4) is 0 Å². The molecule has 4 nitrogen and oxygen atoms in total. The standard InChI is InChI=1S/C15H30N2O2/c1-14(19-2)7-4-9-17(12-14)10-6-13-5-3-8-15(13,18)11-16/h13,18H,3-12,16H2,1-2H3. The molecule has 3 unspecified atom stereocenters. The van der Waals surface area contributed by atoms with E-state index in [0.717, 1.165) is 51.7 Å². The number of piperidine rings is 1. The highest BCUT2D eigenvalue weighted by atomic mass is 16.5. The molecule has 3 atom stereocenters. The van der Waals surface area contributed by atoms with Gasteiger partial charge >= 0.3 is 0 Å². The molecule has 1 heterocycles. The number of hydrogen-bond acceptors (Lipinski definition) is 4. The predicted octanol–water partition coefficient (Wildman–Crippen LogP) is 1.37. The molecule has 2 aliphatic rings. The Morgan fingerprint density at radius 1 is 1.37 bits per heavy atom. The van der Waals surface area contributed by atoms with Crippen LogP contribution in [0.15, 0.2) is 0 Å². The van der Waals surface area contributed by atoms with Crippen LogP contribution in [-0.4, -0.2) is 54.5 Å². The number of likely N-dealkylation sites (tertiary alicyclic amines) is 1.